The van der Waals surface area contributed by atoms with E-state index in [-0.39, 0.29) is 13.0 Å². The van der Waals surface area contributed by atoms with E-state index in [1.807, 2.05) is 19.1 Å². The fourth-order valence-electron chi connectivity index (χ4n) is 2.14. The smallest absolute Gasteiger partial charge is 0.408 e. The molecule has 1 aromatic rings. The first kappa shape index (κ1) is 13.2. The molecular formula is C13H15NO5. The van der Waals surface area contributed by atoms with Crippen molar-refractivity contribution in [2.45, 2.75) is 25.5 Å². The summed E-state index contributed by atoms with van der Waals surface area (Å²) < 4.78 is 5.62. The summed E-state index contributed by atoms with van der Waals surface area (Å²) in [4.78, 5) is 22.9. The van der Waals surface area contributed by atoms with E-state index in [0.717, 1.165) is 10.5 Å². The van der Waals surface area contributed by atoms with Gasteiger partial charge in [-0.05, 0) is 19.1 Å². The lowest BCUT2D eigenvalue weighted by Gasteiger charge is -2.16. The van der Waals surface area contributed by atoms with Crippen molar-refractivity contribution in [2.24, 2.45) is 0 Å². The Morgan fingerprint density at radius 3 is 2.37 bits per heavy atom. The van der Waals surface area contributed by atoms with Gasteiger partial charge in [0.05, 0.1) is 6.54 Å². The fraction of sp³-hybridized carbons (Fsp3) is 0.385. The van der Waals surface area contributed by atoms with E-state index < -0.39 is 24.2 Å². The molecular weight excluding hydrogens is 250 g/mol. The van der Waals surface area contributed by atoms with Crippen molar-refractivity contribution in [3.63, 3.8) is 0 Å². The van der Waals surface area contributed by atoms with Gasteiger partial charge in [0.15, 0.2) is 0 Å². The number of benzene rings is 1. The van der Waals surface area contributed by atoms with Crippen molar-refractivity contribution >= 4 is 12.1 Å². The summed E-state index contributed by atoms with van der Waals surface area (Å²) in [6, 6.07) is 6.30. The molecule has 0 saturated carbocycles. The highest BCUT2D eigenvalue weighted by molar-refractivity contribution is 5.80. The molecule has 19 heavy (non-hydrogen) atoms. The zero-order valence-corrected chi connectivity index (χ0v) is 10.4. The number of aliphatic carboxylic acids is 1. The maximum Gasteiger partial charge on any atom is 0.408 e. The van der Waals surface area contributed by atoms with Crippen LogP contribution in [0.25, 0.3) is 0 Å². The Morgan fingerprint density at radius 2 is 1.89 bits per heavy atom. The Labute approximate surface area is 110 Å². The van der Waals surface area contributed by atoms with Crippen LogP contribution in [0, 0.1) is 6.92 Å². The molecule has 6 nitrogen and oxygen atoms in total. The zero-order valence-electron chi connectivity index (χ0n) is 10.4. The number of carboxylic acid groups (broad SMARTS) is 2. The van der Waals surface area contributed by atoms with Crippen molar-refractivity contribution in [3.05, 3.63) is 29.8 Å². The molecule has 1 saturated heterocycles. The Hall–Kier alpha value is -2.24. The highest BCUT2D eigenvalue weighted by Gasteiger charge is 2.40. The SMILES string of the molecule is Cc1ccc(OC2C[C@H](C(=O)O)N(C(=O)O)C2)cc1. The van der Waals surface area contributed by atoms with Crippen molar-refractivity contribution in [3.8, 4) is 5.75 Å². The molecule has 1 aliphatic rings. The first-order chi connectivity index (χ1) is 8.97. The molecule has 1 heterocycles. The number of hydrogen-bond donors (Lipinski definition) is 2. The topological polar surface area (TPSA) is 87.1 Å². The van der Waals surface area contributed by atoms with E-state index in [2.05, 4.69) is 0 Å². The molecule has 1 fully saturated rings. The first-order valence-electron chi connectivity index (χ1n) is 5.93. The lowest BCUT2D eigenvalue weighted by molar-refractivity contribution is -0.141. The average Bonchev–Trinajstić information content (AvgIpc) is 2.76. The Bertz CT molecular complexity index is 462. The molecule has 1 aliphatic heterocycles. The third-order valence-electron chi connectivity index (χ3n) is 3.12. The lowest BCUT2D eigenvalue weighted by Crippen LogP contribution is -2.39. The highest BCUT2D eigenvalue weighted by atomic mass is 16.5. The second-order valence-corrected chi connectivity index (χ2v) is 4.58. The summed E-state index contributed by atoms with van der Waals surface area (Å²) in [6.45, 7) is 2.02. The number of ether oxygens (including phenoxy) is 1. The van der Waals surface area contributed by atoms with Crippen LogP contribution < -0.4 is 4.74 Å². The van der Waals surface area contributed by atoms with Crippen molar-refractivity contribution in [2.75, 3.05) is 6.54 Å². The standard InChI is InChI=1S/C13H15NO5/c1-8-2-4-9(5-3-8)19-10-6-11(12(15)16)14(7-10)13(17)18/h2-5,10-11H,6-7H2,1H3,(H,15,16)(H,17,18)/t10?,11-/m1/s1. The normalized spacial score (nSPS) is 22.3. The number of carboxylic acids is 1. The number of nitrogens with zero attached hydrogens (tertiary/aromatic N) is 1. The van der Waals surface area contributed by atoms with Crippen molar-refractivity contribution in [1.29, 1.82) is 0 Å². The number of amides is 1. The highest BCUT2D eigenvalue weighted by Crippen LogP contribution is 2.23. The molecule has 0 aliphatic carbocycles. The molecule has 0 radical (unpaired) electrons. The second kappa shape index (κ2) is 5.17. The summed E-state index contributed by atoms with van der Waals surface area (Å²) >= 11 is 0. The number of likely N-dealkylation sites (tertiary alicyclic amines) is 1. The van der Waals surface area contributed by atoms with Gasteiger partial charge in [0, 0.05) is 6.42 Å². The molecule has 1 unspecified atom stereocenters. The predicted molar refractivity (Wildman–Crippen MR) is 66.4 cm³/mol. The van der Waals surface area contributed by atoms with Crippen LogP contribution in [0.15, 0.2) is 24.3 Å². The Kier molecular flexibility index (Phi) is 3.59. The van der Waals surface area contributed by atoms with Crippen LogP contribution >= 0.6 is 0 Å². The third kappa shape index (κ3) is 2.96. The molecule has 1 aromatic carbocycles. The van der Waals surface area contributed by atoms with Gasteiger partial charge in [0.2, 0.25) is 0 Å². The number of rotatable bonds is 3. The van der Waals surface area contributed by atoms with E-state index in [4.69, 9.17) is 14.9 Å². The minimum atomic E-state index is -1.23. The van der Waals surface area contributed by atoms with E-state index >= 15 is 0 Å². The molecule has 1 amide bonds. The minimum absolute atomic E-state index is 0.0696. The van der Waals surface area contributed by atoms with Gasteiger partial charge in [-0.2, -0.15) is 0 Å². The Balaban J connectivity index is 2.05. The number of hydrogen-bond acceptors (Lipinski definition) is 3. The third-order valence-corrected chi connectivity index (χ3v) is 3.12. The van der Waals surface area contributed by atoms with Gasteiger partial charge in [0.1, 0.15) is 17.9 Å². The van der Waals surface area contributed by atoms with Gasteiger partial charge in [-0.3, -0.25) is 4.90 Å². The van der Waals surface area contributed by atoms with Crippen LogP contribution in [0.3, 0.4) is 0 Å². The fourth-order valence-corrected chi connectivity index (χ4v) is 2.14. The van der Waals surface area contributed by atoms with E-state index in [9.17, 15) is 9.59 Å². The van der Waals surface area contributed by atoms with Crippen molar-refractivity contribution < 1.29 is 24.5 Å². The predicted octanol–water partition coefficient (Wildman–Crippen LogP) is 1.58. The van der Waals surface area contributed by atoms with E-state index in [0.29, 0.717) is 5.75 Å². The minimum Gasteiger partial charge on any atom is -0.488 e. The first-order valence-corrected chi connectivity index (χ1v) is 5.93. The molecule has 102 valence electrons. The monoisotopic (exact) mass is 265 g/mol. The van der Waals surface area contributed by atoms with Crippen LogP contribution in [0.4, 0.5) is 4.79 Å². The quantitative estimate of drug-likeness (QED) is 0.866. The second-order valence-electron chi connectivity index (χ2n) is 4.58. The summed E-state index contributed by atoms with van der Waals surface area (Å²) in [5.41, 5.74) is 1.09. The van der Waals surface area contributed by atoms with E-state index in [1.165, 1.54) is 0 Å². The number of aryl methyl sites for hydroxylation is 1. The summed E-state index contributed by atoms with van der Waals surface area (Å²) in [6.07, 6.45) is -1.50. The summed E-state index contributed by atoms with van der Waals surface area (Å²) in [7, 11) is 0. The lowest BCUT2D eigenvalue weighted by atomic mass is 10.2. The maximum absolute atomic E-state index is 11.0. The van der Waals surface area contributed by atoms with Crippen LogP contribution in [0.1, 0.15) is 12.0 Å². The van der Waals surface area contributed by atoms with Gasteiger partial charge in [0.25, 0.3) is 0 Å². The maximum atomic E-state index is 11.0. The van der Waals surface area contributed by atoms with E-state index in [1.54, 1.807) is 12.1 Å². The molecule has 0 bridgehead atoms. The van der Waals surface area contributed by atoms with Gasteiger partial charge in [-0.15, -0.1) is 0 Å². The largest absolute Gasteiger partial charge is 0.488 e. The zero-order chi connectivity index (χ0) is 14.0. The van der Waals surface area contributed by atoms with Gasteiger partial charge in [-0.25, -0.2) is 9.59 Å². The molecule has 0 spiro atoms. The molecule has 2 N–H and O–H groups in total. The van der Waals surface area contributed by atoms with Gasteiger partial charge < -0.3 is 14.9 Å². The van der Waals surface area contributed by atoms with Crippen molar-refractivity contribution in [1.82, 2.24) is 4.90 Å². The molecule has 0 aromatic heterocycles. The molecule has 6 heteroatoms. The van der Waals surface area contributed by atoms with Crippen LogP contribution in [0.2, 0.25) is 0 Å². The van der Waals surface area contributed by atoms with Gasteiger partial charge >= 0.3 is 12.1 Å². The summed E-state index contributed by atoms with van der Waals surface area (Å²) in [5.74, 6) is -0.524. The Morgan fingerprint density at radius 1 is 1.26 bits per heavy atom. The van der Waals surface area contributed by atoms with Gasteiger partial charge in [-0.1, -0.05) is 17.7 Å². The average molecular weight is 265 g/mol. The van der Waals surface area contributed by atoms with Crippen LogP contribution in [0.5, 0.6) is 5.75 Å². The van der Waals surface area contributed by atoms with Crippen LogP contribution in [-0.4, -0.2) is 45.9 Å². The molecule has 2 rings (SSSR count). The number of carbonyl (C=O) groups is 2. The van der Waals surface area contributed by atoms with Crippen LogP contribution in [-0.2, 0) is 4.79 Å². The molecule has 2 atom stereocenters. The summed E-state index contributed by atoms with van der Waals surface area (Å²) in [5, 5.41) is 18.0.